The Hall–Kier alpha value is -0.990. The second kappa shape index (κ2) is 15.0. The van der Waals surface area contributed by atoms with Crippen LogP contribution in [0.3, 0.4) is 0 Å². The van der Waals surface area contributed by atoms with Gasteiger partial charge in [-0.2, -0.15) is 8.42 Å². The molecule has 0 spiro atoms. The van der Waals surface area contributed by atoms with Gasteiger partial charge in [-0.05, 0) is 31.9 Å². The highest BCUT2D eigenvalue weighted by molar-refractivity contribution is 7.86. The number of hydrogen-bond donors (Lipinski definition) is 0. The number of rotatable bonds is 17. The molecule has 0 aliphatic heterocycles. The summed E-state index contributed by atoms with van der Waals surface area (Å²) in [5, 5.41) is 0. The second-order valence-electron chi connectivity index (χ2n) is 6.43. The lowest BCUT2D eigenvalue weighted by atomic mass is 10.1. The van der Waals surface area contributed by atoms with E-state index >= 15 is 0 Å². The minimum Gasteiger partial charge on any atom is -0.382 e. The Labute approximate surface area is 164 Å². The fraction of sp³-hybridized carbons (Fsp3) is 0.700. The van der Waals surface area contributed by atoms with E-state index in [1.165, 1.54) is 0 Å². The summed E-state index contributed by atoms with van der Waals surface area (Å²) < 4.78 is 44.8. The van der Waals surface area contributed by atoms with Gasteiger partial charge in [0.15, 0.2) is 0 Å². The third-order valence-corrected chi connectivity index (χ3v) is 5.36. The zero-order chi connectivity index (χ0) is 19.8. The molecule has 0 aliphatic carbocycles. The predicted molar refractivity (Wildman–Crippen MR) is 106 cm³/mol. The van der Waals surface area contributed by atoms with E-state index in [1.807, 2.05) is 6.92 Å². The highest BCUT2D eigenvalue weighted by Crippen LogP contribution is 2.14. The quantitative estimate of drug-likeness (QED) is 0.292. The summed E-state index contributed by atoms with van der Waals surface area (Å²) in [6.07, 6.45) is 6.08. The van der Waals surface area contributed by atoms with Crippen molar-refractivity contribution in [1.29, 1.82) is 0 Å². The van der Waals surface area contributed by atoms with Crippen molar-refractivity contribution in [2.75, 3.05) is 46.8 Å². The van der Waals surface area contributed by atoms with E-state index < -0.39 is 10.1 Å². The van der Waals surface area contributed by atoms with Crippen molar-refractivity contribution in [3.8, 4) is 0 Å². The number of methoxy groups -OCH3 is 1. The zero-order valence-electron chi connectivity index (χ0n) is 16.7. The molecule has 1 rings (SSSR count). The molecule has 0 aromatic heterocycles. The molecule has 0 saturated carbocycles. The van der Waals surface area contributed by atoms with Crippen molar-refractivity contribution in [3.63, 3.8) is 0 Å². The van der Waals surface area contributed by atoms with E-state index in [4.69, 9.17) is 18.4 Å². The molecule has 7 heteroatoms. The maximum Gasteiger partial charge on any atom is 0.296 e. The topological polar surface area (TPSA) is 71.1 Å². The molecular formula is C20H34O6S. The lowest BCUT2D eigenvalue weighted by Gasteiger charge is -2.07. The number of unbranched alkanes of at least 4 members (excludes halogenated alkanes) is 5. The van der Waals surface area contributed by atoms with Crippen LogP contribution in [0.1, 0.15) is 44.1 Å². The molecule has 0 bridgehead atoms. The minimum absolute atomic E-state index is 0.220. The first-order chi connectivity index (χ1) is 13.1. The van der Waals surface area contributed by atoms with E-state index in [0.717, 1.165) is 50.7 Å². The van der Waals surface area contributed by atoms with Crippen molar-refractivity contribution in [1.82, 2.24) is 0 Å². The molecular weight excluding hydrogens is 368 g/mol. The summed E-state index contributed by atoms with van der Waals surface area (Å²) in [6.45, 7) is 5.36. The van der Waals surface area contributed by atoms with E-state index in [1.54, 1.807) is 31.4 Å². The first-order valence-electron chi connectivity index (χ1n) is 9.67. The van der Waals surface area contributed by atoms with Crippen LogP contribution in [0.4, 0.5) is 0 Å². The van der Waals surface area contributed by atoms with Gasteiger partial charge in [-0.25, -0.2) is 0 Å². The van der Waals surface area contributed by atoms with Crippen LogP contribution in [0.25, 0.3) is 0 Å². The summed E-state index contributed by atoms with van der Waals surface area (Å²) in [6, 6.07) is 6.71. The van der Waals surface area contributed by atoms with Crippen LogP contribution < -0.4 is 0 Å². The largest absolute Gasteiger partial charge is 0.382 e. The number of benzene rings is 1. The summed E-state index contributed by atoms with van der Waals surface area (Å²) in [5.74, 6) is 0. The Balaban J connectivity index is 1.91. The molecule has 0 radical (unpaired) electrons. The van der Waals surface area contributed by atoms with Gasteiger partial charge in [0, 0.05) is 13.7 Å². The Bertz CT molecular complexity index is 571. The zero-order valence-corrected chi connectivity index (χ0v) is 17.5. The molecule has 156 valence electrons. The molecule has 0 saturated heterocycles. The molecule has 0 N–H and O–H groups in total. The monoisotopic (exact) mass is 402 g/mol. The average molecular weight is 403 g/mol. The molecule has 0 unspecified atom stereocenters. The fourth-order valence-electron chi connectivity index (χ4n) is 2.42. The average Bonchev–Trinajstić information content (AvgIpc) is 2.65. The summed E-state index contributed by atoms with van der Waals surface area (Å²) >= 11 is 0. The van der Waals surface area contributed by atoms with Gasteiger partial charge in [-0.1, -0.05) is 43.4 Å². The Morgan fingerprint density at radius 3 is 1.85 bits per heavy atom. The summed E-state index contributed by atoms with van der Waals surface area (Å²) in [7, 11) is -1.98. The molecule has 1 aromatic carbocycles. The van der Waals surface area contributed by atoms with Gasteiger partial charge in [0.05, 0.1) is 37.9 Å². The first-order valence-corrected chi connectivity index (χ1v) is 11.1. The first kappa shape index (κ1) is 24.0. The van der Waals surface area contributed by atoms with Crippen LogP contribution in [0.15, 0.2) is 29.2 Å². The lowest BCUT2D eigenvalue weighted by Crippen LogP contribution is -2.08. The summed E-state index contributed by atoms with van der Waals surface area (Å²) in [4.78, 5) is 0.220. The highest BCUT2D eigenvalue weighted by atomic mass is 32.2. The standard InChI is InChI=1S/C20H34O6S/c1-19-9-11-20(12-10-19)27(21,22)26-14-8-6-4-3-5-7-13-24-17-18-25-16-15-23-2/h9-12H,3-8,13-18H2,1-2H3. The predicted octanol–water partition coefficient (Wildman–Crippen LogP) is 3.72. The van der Waals surface area contributed by atoms with Gasteiger partial charge in [-0.15, -0.1) is 0 Å². The van der Waals surface area contributed by atoms with Crippen LogP contribution in [0, 0.1) is 6.92 Å². The normalized spacial score (nSPS) is 11.8. The minimum atomic E-state index is -3.63. The van der Waals surface area contributed by atoms with Crippen LogP contribution in [0.5, 0.6) is 0 Å². The Morgan fingerprint density at radius 2 is 1.22 bits per heavy atom. The van der Waals surface area contributed by atoms with Crippen molar-refractivity contribution >= 4 is 10.1 Å². The van der Waals surface area contributed by atoms with Crippen LogP contribution in [-0.4, -0.2) is 55.2 Å². The highest BCUT2D eigenvalue weighted by Gasteiger charge is 2.14. The van der Waals surface area contributed by atoms with Gasteiger partial charge < -0.3 is 14.2 Å². The molecule has 0 heterocycles. The second-order valence-corrected chi connectivity index (χ2v) is 8.04. The smallest absolute Gasteiger partial charge is 0.296 e. The third-order valence-electron chi connectivity index (χ3n) is 4.03. The maximum atomic E-state index is 12.0. The number of hydrogen-bond acceptors (Lipinski definition) is 6. The lowest BCUT2D eigenvalue weighted by molar-refractivity contribution is 0.0239. The van der Waals surface area contributed by atoms with Gasteiger partial charge in [0.1, 0.15) is 0 Å². The molecule has 0 fully saturated rings. The molecule has 0 atom stereocenters. The Kier molecular flexibility index (Phi) is 13.4. The van der Waals surface area contributed by atoms with E-state index in [9.17, 15) is 8.42 Å². The molecule has 27 heavy (non-hydrogen) atoms. The molecule has 0 aliphatic rings. The number of aryl methyl sites for hydroxylation is 1. The van der Waals surface area contributed by atoms with Crippen molar-refractivity contribution in [3.05, 3.63) is 29.8 Å². The molecule has 0 amide bonds. The van der Waals surface area contributed by atoms with E-state index in [2.05, 4.69) is 0 Å². The van der Waals surface area contributed by atoms with Crippen molar-refractivity contribution in [2.45, 2.75) is 50.3 Å². The van der Waals surface area contributed by atoms with Crippen LogP contribution in [0.2, 0.25) is 0 Å². The number of ether oxygens (including phenoxy) is 3. The van der Waals surface area contributed by atoms with Crippen molar-refractivity contribution in [2.24, 2.45) is 0 Å². The van der Waals surface area contributed by atoms with Crippen molar-refractivity contribution < 1.29 is 26.8 Å². The van der Waals surface area contributed by atoms with Gasteiger partial charge in [0.25, 0.3) is 10.1 Å². The van der Waals surface area contributed by atoms with Gasteiger partial charge in [0.2, 0.25) is 0 Å². The maximum absolute atomic E-state index is 12.0. The van der Waals surface area contributed by atoms with Crippen LogP contribution in [-0.2, 0) is 28.5 Å². The van der Waals surface area contributed by atoms with Gasteiger partial charge >= 0.3 is 0 Å². The molecule has 1 aromatic rings. The van der Waals surface area contributed by atoms with E-state index in [0.29, 0.717) is 26.4 Å². The van der Waals surface area contributed by atoms with E-state index in [-0.39, 0.29) is 11.5 Å². The Morgan fingerprint density at radius 1 is 0.704 bits per heavy atom. The van der Waals surface area contributed by atoms with Crippen LogP contribution >= 0.6 is 0 Å². The third kappa shape index (κ3) is 12.2. The fourth-order valence-corrected chi connectivity index (χ4v) is 3.36. The molecule has 6 nitrogen and oxygen atoms in total. The SMILES string of the molecule is COCCOCCOCCCCCCCCOS(=O)(=O)c1ccc(C)cc1. The van der Waals surface area contributed by atoms with Gasteiger partial charge in [-0.3, -0.25) is 4.18 Å². The summed E-state index contributed by atoms with van der Waals surface area (Å²) in [5.41, 5.74) is 1.02.